The van der Waals surface area contributed by atoms with Crippen LogP contribution in [0.15, 0.2) is 31.8 Å². The third-order valence-electron chi connectivity index (χ3n) is 3.24. The van der Waals surface area contributed by atoms with Crippen LogP contribution < -0.4 is 0 Å². The molecule has 0 spiro atoms. The van der Waals surface area contributed by atoms with Crippen molar-refractivity contribution in [1.29, 1.82) is 0 Å². The van der Waals surface area contributed by atoms with E-state index in [2.05, 4.69) is 49.4 Å². The van der Waals surface area contributed by atoms with Crippen molar-refractivity contribution in [2.75, 3.05) is 6.54 Å². The molecule has 1 fully saturated rings. The van der Waals surface area contributed by atoms with E-state index in [1.165, 1.54) is 16.2 Å². The van der Waals surface area contributed by atoms with Gasteiger partial charge in [0.05, 0.1) is 14.7 Å². The molecule has 3 heterocycles. The number of halogens is 2. The summed E-state index contributed by atoms with van der Waals surface area (Å²) in [6.07, 6.45) is 2.15. The van der Waals surface area contributed by atoms with Crippen molar-refractivity contribution >= 4 is 60.4 Å². The predicted molar refractivity (Wildman–Crippen MR) is 87.0 cm³/mol. The molecule has 1 amide bonds. The predicted octanol–water partition coefficient (Wildman–Crippen LogP) is 5.31. The lowest BCUT2D eigenvalue weighted by molar-refractivity contribution is 0.0743. The largest absolute Gasteiger partial charge is 0.330 e. The zero-order chi connectivity index (χ0) is 13.4. The number of thiophene rings is 2. The Morgan fingerprint density at radius 2 is 2.26 bits per heavy atom. The van der Waals surface area contributed by atoms with Crippen molar-refractivity contribution in [2.24, 2.45) is 0 Å². The second-order valence-corrected chi connectivity index (χ2v) is 8.61. The molecule has 2 nitrogen and oxygen atoms in total. The Bertz CT molecular complexity index is 574. The molecule has 0 radical (unpaired) electrons. The quantitative estimate of drug-likeness (QED) is 0.644. The summed E-state index contributed by atoms with van der Waals surface area (Å²) in [7, 11) is 0. The summed E-state index contributed by atoms with van der Waals surface area (Å²) in [4.78, 5) is 16.7. The van der Waals surface area contributed by atoms with Gasteiger partial charge in [-0.05, 0) is 62.2 Å². The average Bonchev–Trinajstić information content (AvgIpc) is 3.09. The fraction of sp³-hybridized carbons (Fsp3) is 0.308. The molecule has 0 N–H and O–H groups in total. The van der Waals surface area contributed by atoms with E-state index >= 15 is 0 Å². The van der Waals surface area contributed by atoms with Gasteiger partial charge in [0, 0.05) is 15.9 Å². The molecule has 2 aromatic rings. The molecule has 3 rings (SSSR count). The van der Waals surface area contributed by atoms with E-state index in [4.69, 9.17) is 0 Å². The van der Waals surface area contributed by atoms with E-state index in [1.807, 2.05) is 11.0 Å². The standard InChI is InChI=1S/C13H11Br2NOS2/c14-8-7-11(19-12(8)15)13(17)16-5-1-3-9(16)10-4-2-6-18-10/h2,4,6-7,9H,1,3,5H2. The maximum Gasteiger partial charge on any atom is 0.264 e. The molecule has 1 unspecified atom stereocenters. The summed E-state index contributed by atoms with van der Waals surface area (Å²) in [5.41, 5.74) is 0. The zero-order valence-electron chi connectivity index (χ0n) is 9.94. The molecule has 1 atom stereocenters. The molecule has 19 heavy (non-hydrogen) atoms. The number of carbonyl (C=O) groups excluding carboxylic acids is 1. The second-order valence-electron chi connectivity index (χ2n) is 4.40. The highest BCUT2D eigenvalue weighted by Gasteiger charge is 2.32. The Labute approximate surface area is 136 Å². The highest BCUT2D eigenvalue weighted by Crippen LogP contribution is 2.38. The molecule has 100 valence electrons. The Hall–Kier alpha value is -0.170. The van der Waals surface area contributed by atoms with Crippen LogP contribution >= 0.6 is 54.5 Å². The van der Waals surface area contributed by atoms with Crippen LogP contribution in [-0.4, -0.2) is 17.4 Å². The number of hydrogen-bond donors (Lipinski definition) is 0. The fourth-order valence-electron chi connectivity index (χ4n) is 2.38. The number of nitrogens with zero attached hydrogens (tertiary/aromatic N) is 1. The topological polar surface area (TPSA) is 20.3 Å². The smallest absolute Gasteiger partial charge is 0.264 e. The van der Waals surface area contributed by atoms with Crippen molar-refractivity contribution in [2.45, 2.75) is 18.9 Å². The highest BCUT2D eigenvalue weighted by atomic mass is 79.9. The monoisotopic (exact) mass is 419 g/mol. The van der Waals surface area contributed by atoms with Crippen molar-refractivity contribution < 1.29 is 4.79 Å². The molecular formula is C13H11Br2NOS2. The van der Waals surface area contributed by atoms with Crippen LogP contribution in [0.1, 0.15) is 33.4 Å². The van der Waals surface area contributed by atoms with Crippen LogP contribution in [0.5, 0.6) is 0 Å². The molecule has 0 saturated carbocycles. The van der Waals surface area contributed by atoms with Crippen molar-refractivity contribution in [3.63, 3.8) is 0 Å². The van der Waals surface area contributed by atoms with E-state index in [-0.39, 0.29) is 11.9 Å². The van der Waals surface area contributed by atoms with Gasteiger partial charge in [0.2, 0.25) is 0 Å². The average molecular weight is 421 g/mol. The van der Waals surface area contributed by atoms with E-state index in [9.17, 15) is 4.79 Å². The van der Waals surface area contributed by atoms with E-state index in [0.717, 1.165) is 32.5 Å². The Morgan fingerprint density at radius 1 is 1.42 bits per heavy atom. The first-order valence-electron chi connectivity index (χ1n) is 5.96. The van der Waals surface area contributed by atoms with Crippen LogP contribution in [0.2, 0.25) is 0 Å². The molecule has 6 heteroatoms. The van der Waals surface area contributed by atoms with Crippen molar-refractivity contribution in [3.8, 4) is 0 Å². The highest BCUT2D eigenvalue weighted by molar-refractivity contribution is 9.13. The third-order valence-corrected chi connectivity index (χ3v) is 7.46. The van der Waals surface area contributed by atoms with Crippen LogP contribution in [0.4, 0.5) is 0 Å². The van der Waals surface area contributed by atoms with E-state index in [1.54, 1.807) is 11.3 Å². The number of hydrogen-bond acceptors (Lipinski definition) is 3. The summed E-state index contributed by atoms with van der Waals surface area (Å²) in [6, 6.07) is 6.34. The van der Waals surface area contributed by atoms with Crippen molar-refractivity contribution in [3.05, 3.63) is 41.6 Å². The van der Waals surface area contributed by atoms with E-state index < -0.39 is 0 Å². The Kier molecular flexibility index (Phi) is 4.12. The minimum Gasteiger partial charge on any atom is -0.330 e. The first-order chi connectivity index (χ1) is 9.16. The van der Waals surface area contributed by atoms with Gasteiger partial charge in [0.15, 0.2) is 0 Å². The van der Waals surface area contributed by atoms with Gasteiger partial charge in [0.25, 0.3) is 5.91 Å². The molecule has 1 aliphatic heterocycles. The van der Waals surface area contributed by atoms with Crippen LogP contribution in [0, 0.1) is 0 Å². The van der Waals surface area contributed by atoms with Gasteiger partial charge in [0.1, 0.15) is 0 Å². The second kappa shape index (κ2) is 5.68. The summed E-state index contributed by atoms with van der Waals surface area (Å²) >= 11 is 10.1. The van der Waals surface area contributed by atoms with Gasteiger partial charge in [-0.25, -0.2) is 0 Å². The normalized spacial score (nSPS) is 19.1. The first kappa shape index (κ1) is 13.8. The zero-order valence-corrected chi connectivity index (χ0v) is 14.7. The third kappa shape index (κ3) is 2.68. The summed E-state index contributed by atoms with van der Waals surface area (Å²) in [6.45, 7) is 0.856. The molecule has 1 saturated heterocycles. The van der Waals surface area contributed by atoms with Gasteiger partial charge in [-0.3, -0.25) is 4.79 Å². The summed E-state index contributed by atoms with van der Waals surface area (Å²) < 4.78 is 1.93. The first-order valence-corrected chi connectivity index (χ1v) is 9.24. The fourth-order valence-corrected chi connectivity index (χ4v) is 5.25. The lowest BCUT2D eigenvalue weighted by atomic mass is 10.2. The van der Waals surface area contributed by atoms with Gasteiger partial charge in [-0.15, -0.1) is 22.7 Å². The van der Waals surface area contributed by atoms with Crippen LogP contribution in [0.25, 0.3) is 0 Å². The lowest BCUT2D eigenvalue weighted by Gasteiger charge is -2.23. The van der Waals surface area contributed by atoms with Crippen LogP contribution in [-0.2, 0) is 0 Å². The minimum atomic E-state index is 0.146. The lowest BCUT2D eigenvalue weighted by Crippen LogP contribution is -2.29. The number of amides is 1. The van der Waals surface area contributed by atoms with Crippen molar-refractivity contribution in [1.82, 2.24) is 4.90 Å². The molecule has 0 bridgehead atoms. The molecule has 1 aliphatic rings. The molecule has 2 aromatic heterocycles. The number of carbonyl (C=O) groups is 1. The molecule has 0 aliphatic carbocycles. The van der Waals surface area contributed by atoms with Gasteiger partial charge < -0.3 is 4.90 Å². The number of likely N-dealkylation sites (tertiary alicyclic amines) is 1. The van der Waals surface area contributed by atoms with Gasteiger partial charge >= 0.3 is 0 Å². The SMILES string of the molecule is O=C(c1cc(Br)c(Br)s1)N1CCCC1c1cccs1. The summed E-state index contributed by atoms with van der Waals surface area (Å²) in [5.74, 6) is 0.146. The Morgan fingerprint density at radius 3 is 2.89 bits per heavy atom. The van der Waals surface area contributed by atoms with E-state index in [0.29, 0.717) is 0 Å². The number of rotatable bonds is 2. The van der Waals surface area contributed by atoms with Crippen LogP contribution in [0.3, 0.4) is 0 Å². The maximum atomic E-state index is 12.6. The summed E-state index contributed by atoms with van der Waals surface area (Å²) in [5, 5.41) is 2.08. The minimum absolute atomic E-state index is 0.146. The van der Waals surface area contributed by atoms with Gasteiger partial charge in [-0.1, -0.05) is 6.07 Å². The Balaban J connectivity index is 1.86. The maximum absolute atomic E-state index is 12.6. The molecular weight excluding hydrogens is 410 g/mol. The van der Waals surface area contributed by atoms with Gasteiger partial charge in [-0.2, -0.15) is 0 Å². The molecule has 0 aromatic carbocycles.